The summed E-state index contributed by atoms with van der Waals surface area (Å²) >= 11 is 0. The zero-order valence-electron chi connectivity index (χ0n) is 12.2. The van der Waals surface area contributed by atoms with Crippen molar-refractivity contribution in [2.75, 3.05) is 5.75 Å². The second-order valence-electron chi connectivity index (χ2n) is 5.48. The topological polar surface area (TPSA) is 51.2 Å². The van der Waals surface area contributed by atoms with Crippen molar-refractivity contribution in [3.63, 3.8) is 0 Å². The zero-order valence-corrected chi connectivity index (χ0v) is 13.0. The first-order valence-electron chi connectivity index (χ1n) is 6.47. The lowest BCUT2D eigenvalue weighted by Gasteiger charge is -2.16. The Hall–Kier alpha value is -1.16. The van der Waals surface area contributed by atoms with E-state index in [2.05, 4.69) is 0 Å². The van der Waals surface area contributed by atoms with Crippen LogP contribution >= 0.6 is 0 Å². The van der Waals surface area contributed by atoms with Gasteiger partial charge in [0.05, 0.1) is 5.25 Å². The molecule has 0 radical (unpaired) electrons. The van der Waals surface area contributed by atoms with Crippen LogP contribution in [-0.2, 0) is 9.84 Å². The molecule has 1 atom stereocenters. The summed E-state index contributed by atoms with van der Waals surface area (Å²) in [6.07, 6.45) is 0. The average molecular weight is 282 g/mol. The molecule has 0 aliphatic carbocycles. The summed E-state index contributed by atoms with van der Waals surface area (Å²) in [4.78, 5) is 12.1. The fraction of sp³-hybridized carbons (Fsp3) is 0.533. The maximum Gasteiger partial charge on any atom is 0.177 e. The van der Waals surface area contributed by atoms with Gasteiger partial charge in [-0.3, -0.25) is 4.79 Å². The van der Waals surface area contributed by atoms with Crippen molar-refractivity contribution in [3.8, 4) is 0 Å². The van der Waals surface area contributed by atoms with Crippen LogP contribution in [-0.4, -0.2) is 25.2 Å². The minimum Gasteiger partial charge on any atom is -0.293 e. The number of benzene rings is 1. The van der Waals surface area contributed by atoms with Crippen LogP contribution in [0.4, 0.5) is 0 Å². The Balaban J connectivity index is 2.94. The Labute approximate surface area is 116 Å². The van der Waals surface area contributed by atoms with E-state index in [-0.39, 0.29) is 11.7 Å². The lowest BCUT2D eigenvalue weighted by molar-refractivity contribution is 0.102. The monoisotopic (exact) mass is 282 g/mol. The van der Waals surface area contributed by atoms with Crippen molar-refractivity contribution < 1.29 is 13.2 Å². The predicted molar refractivity (Wildman–Crippen MR) is 78.3 cm³/mol. The summed E-state index contributed by atoms with van der Waals surface area (Å²) in [5.41, 5.74) is 2.57. The van der Waals surface area contributed by atoms with Crippen LogP contribution in [0, 0.1) is 19.8 Å². The van der Waals surface area contributed by atoms with Crippen LogP contribution in [0.5, 0.6) is 0 Å². The number of hydrogen-bond donors (Lipinski definition) is 0. The van der Waals surface area contributed by atoms with Gasteiger partial charge in [0.2, 0.25) is 0 Å². The van der Waals surface area contributed by atoms with E-state index in [1.807, 2.05) is 33.8 Å². The molecule has 0 saturated carbocycles. The largest absolute Gasteiger partial charge is 0.293 e. The fourth-order valence-corrected chi connectivity index (χ4v) is 3.35. The van der Waals surface area contributed by atoms with Gasteiger partial charge in [-0.15, -0.1) is 0 Å². The molecule has 1 unspecified atom stereocenters. The first kappa shape index (κ1) is 15.9. The molecule has 0 aliphatic heterocycles. The number of Topliss-reactive ketones (excluding diaryl/α,β-unsaturated/α-hetero) is 1. The standard InChI is InChI=1S/C15H22O3S/c1-10(2)13(5)19(17,18)9-15(16)14-7-6-11(3)12(4)8-14/h6-8,10,13H,9H2,1-5H3. The summed E-state index contributed by atoms with van der Waals surface area (Å²) in [7, 11) is -3.38. The van der Waals surface area contributed by atoms with Gasteiger partial charge >= 0.3 is 0 Å². The summed E-state index contributed by atoms with van der Waals surface area (Å²) < 4.78 is 24.2. The van der Waals surface area contributed by atoms with E-state index in [4.69, 9.17) is 0 Å². The Morgan fingerprint density at radius 3 is 2.16 bits per heavy atom. The van der Waals surface area contributed by atoms with Crippen molar-refractivity contribution in [1.29, 1.82) is 0 Å². The Bertz CT molecular complexity index is 571. The van der Waals surface area contributed by atoms with Crippen LogP contribution in [0.3, 0.4) is 0 Å². The molecule has 1 rings (SSSR count). The van der Waals surface area contributed by atoms with Crippen LogP contribution in [0.15, 0.2) is 18.2 Å². The number of carbonyl (C=O) groups is 1. The van der Waals surface area contributed by atoms with Crippen LogP contribution in [0.2, 0.25) is 0 Å². The van der Waals surface area contributed by atoms with Gasteiger partial charge in [0.1, 0.15) is 5.75 Å². The van der Waals surface area contributed by atoms with Crippen molar-refractivity contribution >= 4 is 15.6 Å². The van der Waals surface area contributed by atoms with Crippen molar-refractivity contribution in [2.24, 2.45) is 5.92 Å². The zero-order chi connectivity index (χ0) is 14.8. The molecule has 0 bridgehead atoms. The van der Waals surface area contributed by atoms with E-state index in [1.54, 1.807) is 19.1 Å². The lowest BCUT2D eigenvalue weighted by Crippen LogP contribution is -2.29. The van der Waals surface area contributed by atoms with E-state index in [0.29, 0.717) is 5.56 Å². The predicted octanol–water partition coefficient (Wildman–Crippen LogP) is 2.95. The molecule has 0 fully saturated rings. The van der Waals surface area contributed by atoms with E-state index >= 15 is 0 Å². The summed E-state index contributed by atoms with van der Waals surface area (Å²) in [6.45, 7) is 9.23. The molecule has 106 valence electrons. The van der Waals surface area contributed by atoms with E-state index < -0.39 is 20.8 Å². The molecule has 0 spiro atoms. The van der Waals surface area contributed by atoms with Gasteiger partial charge in [-0.05, 0) is 43.9 Å². The molecule has 19 heavy (non-hydrogen) atoms. The summed E-state index contributed by atoms with van der Waals surface area (Å²) in [5, 5.41) is -0.497. The Kier molecular flexibility index (Phi) is 4.91. The maximum atomic E-state index is 12.1. The smallest absolute Gasteiger partial charge is 0.177 e. The molecule has 0 heterocycles. The lowest BCUT2D eigenvalue weighted by atomic mass is 10.0. The van der Waals surface area contributed by atoms with Gasteiger partial charge < -0.3 is 0 Å². The van der Waals surface area contributed by atoms with Crippen molar-refractivity contribution in [3.05, 3.63) is 34.9 Å². The van der Waals surface area contributed by atoms with Crippen LogP contribution in [0.25, 0.3) is 0 Å². The van der Waals surface area contributed by atoms with Gasteiger partial charge in [-0.2, -0.15) is 0 Å². The quantitative estimate of drug-likeness (QED) is 0.780. The maximum absolute atomic E-state index is 12.1. The highest BCUT2D eigenvalue weighted by atomic mass is 32.2. The van der Waals surface area contributed by atoms with Crippen LogP contribution < -0.4 is 0 Å². The number of hydrogen-bond acceptors (Lipinski definition) is 3. The highest BCUT2D eigenvalue weighted by molar-refractivity contribution is 7.92. The van der Waals surface area contributed by atoms with Gasteiger partial charge in [0.15, 0.2) is 15.6 Å². The SMILES string of the molecule is Cc1ccc(C(=O)CS(=O)(=O)C(C)C(C)C)cc1C. The molecule has 0 aromatic heterocycles. The molecule has 0 saturated heterocycles. The summed E-state index contributed by atoms with van der Waals surface area (Å²) in [5.74, 6) is -0.720. The van der Waals surface area contributed by atoms with E-state index in [0.717, 1.165) is 11.1 Å². The van der Waals surface area contributed by atoms with Gasteiger partial charge in [0, 0.05) is 5.56 Å². The highest BCUT2D eigenvalue weighted by Crippen LogP contribution is 2.16. The first-order valence-corrected chi connectivity index (χ1v) is 8.18. The summed E-state index contributed by atoms with van der Waals surface area (Å²) in [6, 6.07) is 5.30. The molecule has 1 aromatic rings. The Morgan fingerprint density at radius 2 is 1.68 bits per heavy atom. The van der Waals surface area contributed by atoms with E-state index in [9.17, 15) is 13.2 Å². The minimum atomic E-state index is -3.38. The molecule has 4 heteroatoms. The third-order valence-corrected chi connectivity index (χ3v) is 6.01. The number of carbonyl (C=O) groups excluding carboxylic acids is 1. The third kappa shape index (κ3) is 3.90. The molecule has 1 aromatic carbocycles. The molecule has 0 amide bonds. The van der Waals surface area contributed by atoms with Crippen LogP contribution in [0.1, 0.15) is 42.3 Å². The number of sulfone groups is 1. The fourth-order valence-electron chi connectivity index (χ4n) is 1.73. The molecular formula is C15H22O3S. The molecule has 3 nitrogen and oxygen atoms in total. The average Bonchev–Trinajstić information content (AvgIpc) is 2.30. The van der Waals surface area contributed by atoms with Crippen molar-refractivity contribution in [2.45, 2.75) is 39.9 Å². The Morgan fingerprint density at radius 1 is 1.11 bits per heavy atom. The normalized spacial score (nSPS) is 13.6. The number of rotatable bonds is 5. The van der Waals surface area contributed by atoms with Gasteiger partial charge in [-0.1, -0.05) is 26.0 Å². The minimum absolute atomic E-state index is 0.0116. The van der Waals surface area contributed by atoms with Gasteiger partial charge in [-0.25, -0.2) is 8.42 Å². The highest BCUT2D eigenvalue weighted by Gasteiger charge is 2.27. The van der Waals surface area contributed by atoms with E-state index in [1.165, 1.54) is 0 Å². The van der Waals surface area contributed by atoms with Crippen molar-refractivity contribution in [1.82, 2.24) is 0 Å². The number of ketones is 1. The third-order valence-electron chi connectivity index (χ3n) is 3.67. The van der Waals surface area contributed by atoms with Gasteiger partial charge in [0.25, 0.3) is 0 Å². The molecular weight excluding hydrogens is 260 g/mol. The first-order chi connectivity index (χ1) is 8.65. The second kappa shape index (κ2) is 5.87. The molecule has 0 N–H and O–H groups in total. The molecule has 0 aliphatic rings. The number of aryl methyl sites for hydroxylation is 2. The second-order valence-corrected chi connectivity index (χ2v) is 7.84.